The zero-order valence-electron chi connectivity index (χ0n) is 14.3. The monoisotopic (exact) mass is 318 g/mol. The van der Waals surface area contributed by atoms with Gasteiger partial charge in [0.05, 0.1) is 12.5 Å². The van der Waals surface area contributed by atoms with Crippen molar-refractivity contribution >= 4 is 18.0 Å². The molecule has 0 aliphatic rings. The first-order valence-corrected chi connectivity index (χ1v) is 8.04. The Morgan fingerprint density at radius 2 is 1.78 bits per heavy atom. The summed E-state index contributed by atoms with van der Waals surface area (Å²) < 4.78 is 10.6. The van der Waals surface area contributed by atoms with Gasteiger partial charge in [-0.1, -0.05) is 51.1 Å². The number of hydrogen-bond donors (Lipinski definition) is 0. The van der Waals surface area contributed by atoms with E-state index in [4.69, 9.17) is 9.47 Å². The van der Waals surface area contributed by atoms with Gasteiger partial charge in [0.1, 0.15) is 6.10 Å². The van der Waals surface area contributed by atoms with Gasteiger partial charge in [-0.05, 0) is 30.9 Å². The summed E-state index contributed by atoms with van der Waals surface area (Å²) in [7, 11) is 0. The molecule has 23 heavy (non-hydrogen) atoms. The van der Waals surface area contributed by atoms with Crippen LogP contribution in [0.3, 0.4) is 0 Å². The molecule has 2 atom stereocenters. The lowest BCUT2D eigenvalue weighted by atomic mass is 10.0. The highest BCUT2D eigenvalue weighted by Gasteiger charge is 2.27. The summed E-state index contributed by atoms with van der Waals surface area (Å²) in [6.07, 6.45) is 3.10. The van der Waals surface area contributed by atoms with E-state index < -0.39 is 18.0 Å². The van der Waals surface area contributed by atoms with Crippen LogP contribution in [-0.4, -0.2) is 24.6 Å². The Morgan fingerprint density at radius 1 is 1.13 bits per heavy atom. The molecular formula is C19H26O4. The molecule has 0 bridgehead atoms. The highest BCUT2D eigenvalue weighted by molar-refractivity contribution is 5.87. The van der Waals surface area contributed by atoms with Crippen LogP contribution in [0.25, 0.3) is 6.08 Å². The van der Waals surface area contributed by atoms with Crippen LogP contribution in [0.2, 0.25) is 0 Å². The van der Waals surface area contributed by atoms with E-state index in [1.807, 2.05) is 51.1 Å². The molecule has 0 fully saturated rings. The van der Waals surface area contributed by atoms with Gasteiger partial charge in [-0.15, -0.1) is 0 Å². The van der Waals surface area contributed by atoms with Crippen LogP contribution in [0.15, 0.2) is 36.4 Å². The van der Waals surface area contributed by atoms with Crippen LogP contribution >= 0.6 is 0 Å². The molecular weight excluding hydrogens is 292 g/mol. The minimum Gasteiger partial charge on any atom is -0.465 e. The smallest absolute Gasteiger partial charge is 0.331 e. The summed E-state index contributed by atoms with van der Waals surface area (Å²) in [6.45, 7) is 7.94. The molecule has 0 amide bonds. The Morgan fingerprint density at radius 3 is 2.35 bits per heavy atom. The van der Waals surface area contributed by atoms with Gasteiger partial charge in [0.2, 0.25) is 0 Å². The molecule has 0 radical (unpaired) electrons. The van der Waals surface area contributed by atoms with E-state index in [0.717, 1.165) is 5.56 Å². The predicted molar refractivity (Wildman–Crippen MR) is 90.6 cm³/mol. The summed E-state index contributed by atoms with van der Waals surface area (Å²) in [4.78, 5) is 23.9. The van der Waals surface area contributed by atoms with E-state index in [9.17, 15) is 9.59 Å². The van der Waals surface area contributed by atoms with Crippen LogP contribution in [0.5, 0.6) is 0 Å². The van der Waals surface area contributed by atoms with E-state index >= 15 is 0 Å². The lowest BCUT2D eigenvalue weighted by Crippen LogP contribution is -2.31. The molecule has 1 aromatic carbocycles. The Hall–Kier alpha value is -2.10. The highest BCUT2D eigenvalue weighted by Crippen LogP contribution is 2.15. The summed E-state index contributed by atoms with van der Waals surface area (Å²) in [5.41, 5.74) is 0.917. The highest BCUT2D eigenvalue weighted by atomic mass is 16.6. The van der Waals surface area contributed by atoms with Gasteiger partial charge < -0.3 is 9.47 Å². The Kier molecular flexibility index (Phi) is 8.09. The third-order valence-corrected chi connectivity index (χ3v) is 3.38. The normalized spacial score (nSPS) is 13.8. The van der Waals surface area contributed by atoms with Crippen molar-refractivity contribution in [2.45, 2.75) is 40.2 Å². The van der Waals surface area contributed by atoms with Gasteiger partial charge in [-0.2, -0.15) is 0 Å². The van der Waals surface area contributed by atoms with Crippen molar-refractivity contribution < 1.29 is 19.1 Å². The number of rotatable bonds is 8. The molecule has 1 rings (SSSR count). The minimum absolute atomic E-state index is 0.281. The van der Waals surface area contributed by atoms with Crippen molar-refractivity contribution in [1.29, 1.82) is 0 Å². The summed E-state index contributed by atoms with van der Waals surface area (Å²) in [6, 6.07) is 9.49. The molecule has 0 aliphatic carbocycles. The zero-order chi connectivity index (χ0) is 17.2. The molecule has 2 unspecified atom stereocenters. The first-order chi connectivity index (χ1) is 10.9. The lowest BCUT2D eigenvalue weighted by Gasteiger charge is -2.21. The van der Waals surface area contributed by atoms with Crippen LogP contribution in [0.1, 0.15) is 39.7 Å². The van der Waals surface area contributed by atoms with E-state index in [0.29, 0.717) is 13.0 Å². The van der Waals surface area contributed by atoms with Crippen LogP contribution in [-0.2, 0) is 19.1 Å². The number of ether oxygens (including phenoxy) is 2. The molecule has 4 nitrogen and oxygen atoms in total. The average Bonchev–Trinajstić information content (AvgIpc) is 2.52. The van der Waals surface area contributed by atoms with Gasteiger partial charge in [0, 0.05) is 6.08 Å². The van der Waals surface area contributed by atoms with Crippen molar-refractivity contribution in [3.05, 3.63) is 42.0 Å². The maximum atomic E-state index is 12.0. The third-order valence-electron chi connectivity index (χ3n) is 3.38. The van der Waals surface area contributed by atoms with E-state index in [2.05, 4.69) is 0 Å². The van der Waals surface area contributed by atoms with Crippen molar-refractivity contribution in [3.8, 4) is 0 Å². The number of esters is 2. The lowest BCUT2D eigenvalue weighted by molar-refractivity contribution is -0.159. The quantitative estimate of drug-likeness (QED) is 0.539. The first kappa shape index (κ1) is 18.9. The fourth-order valence-electron chi connectivity index (χ4n) is 2.08. The molecule has 126 valence electrons. The number of hydrogen-bond acceptors (Lipinski definition) is 4. The molecule has 0 saturated carbocycles. The zero-order valence-corrected chi connectivity index (χ0v) is 14.3. The molecule has 1 aromatic rings. The fraction of sp³-hybridized carbons (Fsp3) is 0.474. The number of benzene rings is 1. The summed E-state index contributed by atoms with van der Waals surface area (Å²) in [5, 5.41) is 0. The molecule has 0 aliphatic heterocycles. The molecule has 0 aromatic heterocycles. The average molecular weight is 318 g/mol. The van der Waals surface area contributed by atoms with Crippen LogP contribution < -0.4 is 0 Å². The largest absolute Gasteiger partial charge is 0.465 e. The molecule has 4 heteroatoms. The van der Waals surface area contributed by atoms with E-state index in [1.165, 1.54) is 6.08 Å². The number of carbonyl (C=O) groups is 2. The maximum absolute atomic E-state index is 12.0. The van der Waals surface area contributed by atoms with E-state index in [-0.39, 0.29) is 11.9 Å². The summed E-state index contributed by atoms with van der Waals surface area (Å²) in [5.74, 6) is -0.934. The van der Waals surface area contributed by atoms with Crippen molar-refractivity contribution in [1.82, 2.24) is 0 Å². The van der Waals surface area contributed by atoms with Gasteiger partial charge in [0.25, 0.3) is 0 Å². The molecule has 0 N–H and O–H groups in total. The Balaban J connectivity index is 2.54. The Bertz CT molecular complexity index is 519. The SMILES string of the molecule is CCC(C(=O)OCC(C)C)C(C)OC(=O)C=Cc1ccccc1. The molecule has 0 spiro atoms. The Labute approximate surface area is 138 Å². The van der Waals surface area contributed by atoms with Gasteiger partial charge in [-0.3, -0.25) is 4.79 Å². The van der Waals surface area contributed by atoms with Crippen LogP contribution in [0, 0.1) is 11.8 Å². The van der Waals surface area contributed by atoms with Crippen LogP contribution in [0.4, 0.5) is 0 Å². The molecule has 0 saturated heterocycles. The maximum Gasteiger partial charge on any atom is 0.331 e. The standard InChI is InChI=1S/C19H26O4/c1-5-17(19(21)22-13-14(2)3)15(4)23-18(20)12-11-16-9-7-6-8-10-16/h6-12,14-15,17H,5,13H2,1-4H3. The number of carbonyl (C=O) groups excluding carboxylic acids is 2. The second-order valence-corrected chi connectivity index (χ2v) is 5.92. The topological polar surface area (TPSA) is 52.6 Å². The predicted octanol–water partition coefficient (Wildman–Crippen LogP) is 3.86. The van der Waals surface area contributed by atoms with Gasteiger partial charge in [-0.25, -0.2) is 4.79 Å². The van der Waals surface area contributed by atoms with Crippen molar-refractivity contribution in [3.63, 3.8) is 0 Å². The van der Waals surface area contributed by atoms with Crippen molar-refractivity contribution in [2.24, 2.45) is 11.8 Å². The second kappa shape index (κ2) is 9.82. The second-order valence-electron chi connectivity index (χ2n) is 5.92. The third kappa shape index (κ3) is 7.13. The summed E-state index contributed by atoms with van der Waals surface area (Å²) >= 11 is 0. The molecule has 0 heterocycles. The minimum atomic E-state index is -0.521. The van der Waals surface area contributed by atoms with Gasteiger partial charge >= 0.3 is 11.9 Å². The van der Waals surface area contributed by atoms with E-state index in [1.54, 1.807) is 13.0 Å². The fourth-order valence-corrected chi connectivity index (χ4v) is 2.08. The first-order valence-electron chi connectivity index (χ1n) is 8.04. The van der Waals surface area contributed by atoms with Crippen molar-refractivity contribution in [2.75, 3.05) is 6.61 Å². The van der Waals surface area contributed by atoms with Gasteiger partial charge in [0.15, 0.2) is 0 Å².